The smallest absolute Gasteiger partial charge is 0.129 e. The number of nitrogens with zero attached hydrogens (tertiary/aromatic N) is 2. The number of aryl methyl sites for hydroxylation is 1. The highest BCUT2D eigenvalue weighted by atomic mass is 15.2. The van der Waals surface area contributed by atoms with Crippen LogP contribution in [-0.2, 0) is 13.0 Å². The van der Waals surface area contributed by atoms with Gasteiger partial charge in [-0.1, -0.05) is 20.8 Å². The van der Waals surface area contributed by atoms with Crippen molar-refractivity contribution in [1.82, 2.24) is 10.3 Å². The van der Waals surface area contributed by atoms with E-state index < -0.39 is 0 Å². The molecule has 3 heteroatoms. The van der Waals surface area contributed by atoms with E-state index in [0.717, 1.165) is 38.3 Å². The second kappa shape index (κ2) is 8.16. The number of hydrogen-bond donors (Lipinski definition) is 1. The molecule has 0 atom stereocenters. The van der Waals surface area contributed by atoms with Crippen molar-refractivity contribution in [3.63, 3.8) is 0 Å². The Balaban J connectivity index is 3.02. The Bertz CT molecular complexity index is 374. The molecule has 0 radical (unpaired) electrons. The summed E-state index contributed by atoms with van der Waals surface area (Å²) >= 11 is 0. The lowest BCUT2D eigenvalue weighted by atomic mass is 10.1. The molecule has 1 N–H and O–H groups in total. The molecule has 3 nitrogen and oxygen atoms in total. The Morgan fingerprint density at radius 3 is 2.47 bits per heavy atom. The van der Waals surface area contributed by atoms with E-state index >= 15 is 0 Å². The lowest BCUT2D eigenvalue weighted by molar-refractivity contribution is 0.657. The summed E-state index contributed by atoms with van der Waals surface area (Å²) in [6, 6.07) is 4.94. The molecule has 0 unspecified atom stereocenters. The minimum Gasteiger partial charge on any atom is -0.354 e. The lowest BCUT2D eigenvalue weighted by Crippen LogP contribution is -2.32. The van der Waals surface area contributed by atoms with Crippen LogP contribution in [-0.4, -0.2) is 24.1 Å². The molecular formula is C16H29N3. The van der Waals surface area contributed by atoms with E-state index in [2.05, 4.69) is 57.0 Å². The van der Waals surface area contributed by atoms with Crippen molar-refractivity contribution >= 4 is 5.82 Å². The first-order valence-corrected chi connectivity index (χ1v) is 7.59. The maximum Gasteiger partial charge on any atom is 0.129 e. The van der Waals surface area contributed by atoms with Gasteiger partial charge in [0.25, 0.3) is 0 Å². The fourth-order valence-electron chi connectivity index (χ4n) is 2.21. The quantitative estimate of drug-likeness (QED) is 0.779. The number of aromatic nitrogens is 1. The number of nitrogens with one attached hydrogen (secondary N) is 1. The zero-order valence-electron chi connectivity index (χ0n) is 13.2. The predicted molar refractivity (Wildman–Crippen MR) is 83.8 cm³/mol. The van der Waals surface area contributed by atoms with Crippen LogP contribution in [0.2, 0.25) is 0 Å². The molecular weight excluding hydrogens is 234 g/mol. The van der Waals surface area contributed by atoms with Crippen molar-refractivity contribution in [2.75, 3.05) is 18.0 Å². The Morgan fingerprint density at radius 1 is 1.21 bits per heavy atom. The molecule has 0 aliphatic carbocycles. The SMILES string of the molecule is CCCN(c1cc(CNCC)cc(CC)n1)C(C)C. The first-order valence-electron chi connectivity index (χ1n) is 7.59. The van der Waals surface area contributed by atoms with E-state index in [1.54, 1.807) is 0 Å². The molecule has 0 aliphatic heterocycles. The van der Waals surface area contributed by atoms with Crippen LogP contribution in [0, 0.1) is 0 Å². The van der Waals surface area contributed by atoms with Crippen LogP contribution in [0.5, 0.6) is 0 Å². The predicted octanol–water partition coefficient (Wildman–Crippen LogP) is 3.38. The normalized spacial score (nSPS) is 11.1. The van der Waals surface area contributed by atoms with Crippen molar-refractivity contribution in [2.45, 2.75) is 60.0 Å². The molecule has 1 heterocycles. The van der Waals surface area contributed by atoms with Gasteiger partial charge < -0.3 is 10.2 Å². The highest BCUT2D eigenvalue weighted by Crippen LogP contribution is 2.18. The van der Waals surface area contributed by atoms with Gasteiger partial charge in [-0.15, -0.1) is 0 Å². The summed E-state index contributed by atoms with van der Waals surface area (Å²) in [6.45, 7) is 14.0. The minimum absolute atomic E-state index is 0.492. The highest BCUT2D eigenvalue weighted by Gasteiger charge is 2.12. The van der Waals surface area contributed by atoms with Crippen molar-refractivity contribution in [2.24, 2.45) is 0 Å². The van der Waals surface area contributed by atoms with Gasteiger partial charge in [0.1, 0.15) is 5.82 Å². The van der Waals surface area contributed by atoms with Gasteiger partial charge in [-0.2, -0.15) is 0 Å². The average molecular weight is 263 g/mol. The Kier molecular flexibility index (Phi) is 6.85. The second-order valence-corrected chi connectivity index (χ2v) is 5.25. The van der Waals surface area contributed by atoms with Crippen molar-refractivity contribution < 1.29 is 0 Å². The number of pyridine rings is 1. The third-order valence-corrected chi connectivity index (χ3v) is 3.25. The molecule has 1 aromatic rings. The van der Waals surface area contributed by atoms with E-state index in [1.165, 1.54) is 11.3 Å². The molecule has 0 spiro atoms. The summed E-state index contributed by atoms with van der Waals surface area (Å²) in [7, 11) is 0. The Hall–Kier alpha value is -1.09. The fraction of sp³-hybridized carbons (Fsp3) is 0.688. The lowest BCUT2D eigenvalue weighted by Gasteiger charge is -2.28. The van der Waals surface area contributed by atoms with E-state index in [1.807, 2.05) is 0 Å². The molecule has 0 fully saturated rings. The van der Waals surface area contributed by atoms with Crippen LogP contribution >= 0.6 is 0 Å². The van der Waals surface area contributed by atoms with Crippen LogP contribution < -0.4 is 10.2 Å². The molecule has 0 bridgehead atoms. The largest absolute Gasteiger partial charge is 0.354 e. The first kappa shape index (κ1) is 16.0. The van der Waals surface area contributed by atoms with Crippen LogP contribution in [0.15, 0.2) is 12.1 Å². The molecule has 1 aromatic heterocycles. The van der Waals surface area contributed by atoms with Gasteiger partial charge in [-0.25, -0.2) is 4.98 Å². The molecule has 0 aromatic carbocycles. The molecule has 1 rings (SSSR count). The van der Waals surface area contributed by atoms with E-state index in [-0.39, 0.29) is 0 Å². The maximum atomic E-state index is 4.80. The van der Waals surface area contributed by atoms with Crippen LogP contribution in [0.4, 0.5) is 5.82 Å². The molecule has 19 heavy (non-hydrogen) atoms. The standard InChI is InChI=1S/C16H29N3/c1-6-9-19(13(4)5)16-11-14(12-17-8-3)10-15(7-2)18-16/h10-11,13,17H,6-9,12H2,1-5H3. The van der Waals surface area contributed by atoms with Crippen LogP contribution in [0.3, 0.4) is 0 Å². The molecule has 0 saturated heterocycles. The van der Waals surface area contributed by atoms with Crippen molar-refractivity contribution in [3.8, 4) is 0 Å². The van der Waals surface area contributed by atoms with E-state index in [4.69, 9.17) is 4.98 Å². The molecule has 0 aliphatic rings. The Morgan fingerprint density at radius 2 is 1.95 bits per heavy atom. The molecule has 0 amide bonds. The molecule has 108 valence electrons. The molecule has 0 saturated carbocycles. The van der Waals surface area contributed by atoms with Gasteiger partial charge in [0.2, 0.25) is 0 Å². The first-order chi connectivity index (χ1) is 9.12. The van der Waals surface area contributed by atoms with Crippen LogP contribution in [0.25, 0.3) is 0 Å². The summed E-state index contributed by atoms with van der Waals surface area (Å²) in [6.07, 6.45) is 2.14. The fourth-order valence-corrected chi connectivity index (χ4v) is 2.21. The highest BCUT2D eigenvalue weighted by molar-refractivity contribution is 5.43. The topological polar surface area (TPSA) is 28.2 Å². The van der Waals surface area contributed by atoms with Crippen molar-refractivity contribution in [1.29, 1.82) is 0 Å². The summed E-state index contributed by atoms with van der Waals surface area (Å²) in [4.78, 5) is 7.20. The number of anilines is 1. The third-order valence-electron chi connectivity index (χ3n) is 3.25. The zero-order valence-corrected chi connectivity index (χ0v) is 13.2. The third kappa shape index (κ3) is 4.83. The van der Waals surface area contributed by atoms with Gasteiger partial charge in [-0.05, 0) is 50.9 Å². The summed E-state index contributed by atoms with van der Waals surface area (Å²) in [5, 5.41) is 3.40. The van der Waals surface area contributed by atoms with E-state index in [0.29, 0.717) is 6.04 Å². The van der Waals surface area contributed by atoms with E-state index in [9.17, 15) is 0 Å². The summed E-state index contributed by atoms with van der Waals surface area (Å²) < 4.78 is 0. The van der Waals surface area contributed by atoms with Crippen LogP contribution in [0.1, 0.15) is 52.3 Å². The number of hydrogen-bond acceptors (Lipinski definition) is 3. The minimum atomic E-state index is 0.492. The summed E-state index contributed by atoms with van der Waals surface area (Å²) in [5.74, 6) is 1.13. The monoisotopic (exact) mass is 263 g/mol. The van der Waals surface area contributed by atoms with Crippen molar-refractivity contribution in [3.05, 3.63) is 23.4 Å². The van der Waals surface area contributed by atoms with Gasteiger partial charge in [-0.3, -0.25) is 0 Å². The number of rotatable bonds is 8. The van der Waals surface area contributed by atoms with Gasteiger partial charge in [0.05, 0.1) is 0 Å². The van der Waals surface area contributed by atoms with Gasteiger partial charge in [0.15, 0.2) is 0 Å². The summed E-state index contributed by atoms with van der Waals surface area (Å²) in [5.41, 5.74) is 2.53. The average Bonchev–Trinajstić information content (AvgIpc) is 2.41. The van der Waals surface area contributed by atoms with Gasteiger partial charge >= 0.3 is 0 Å². The zero-order chi connectivity index (χ0) is 14.3. The second-order valence-electron chi connectivity index (χ2n) is 5.25. The maximum absolute atomic E-state index is 4.80. The van der Waals surface area contributed by atoms with Gasteiger partial charge in [0, 0.05) is 24.8 Å². The Labute approximate surface area is 118 Å².